The smallest absolute Gasteiger partial charge is 0.313 e. The minimum Gasteiger partial charge on any atom is -0.313 e. The Balaban J connectivity index is 3.08. The summed E-state index contributed by atoms with van der Waals surface area (Å²) < 4.78 is 2.47. The van der Waals surface area contributed by atoms with E-state index in [1.54, 1.807) is 13.1 Å². The van der Waals surface area contributed by atoms with Gasteiger partial charge in [-0.2, -0.15) is 0 Å². The first kappa shape index (κ1) is 10.6. The first-order valence-electron chi connectivity index (χ1n) is 4.96. The Morgan fingerprint density at radius 1 is 1.31 bits per heavy atom. The predicted molar refractivity (Wildman–Crippen MR) is 62.4 cm³/mol. The van der Waals surface area contributed by atoms with Crippen molar-refractivity contribution in [2.45, 2.75) is 13.6 Å². The van der Waals surface area contributed by atoms with Gasteiger partial charge in [-0.15, -0.1) is 0 Å². The molecule has 2 aromatic rings. The average Bonchev–Trinajstić information content (AvgIpc) is 2.27. The molecule has 0 fully saturated rings. The number of rotatable bonds is 1. The van der Waals surface area contributed by atoms with E-state index >= 15 is 0 Å². The van der Waals surface area contributed by atoms with Crippen LogP contribution in [-0.4, -0.2) is 9.13 Å². The zero-order valence-corrected chi connectivity index (χ0v) is 9.23. The molecular formula is C11H13N3O2. The van der Waals surface area contributed by atoms with Crippen molar-refractivity contribution in [3.63, 3.8) is 0 Å². The van der Waals surface area contributed by atoms with Crippen molar-refractivity contribution >= 4 is 10.9 Å². The van der Waals surface area contributed by atoms with Gasteiger partial charge in [-0.25, -0.2) is 9.36 Å². The van der Waals surface area contributed by atoms with Gasteiger partial charge in [-0.05, 0) is 24.6 Å². The summed E-state index contributed by atoms with van der Waals surface area (Å²) >= 11 is 0. The van der Waals surface area contributed by atoms with Gasteiger partial charge in [-0.1, -0.05) is 6.07 Å². The van der Waals surface area contributed by atoms with Crippen molar-refractivity contribution in [3.8, 4) is 0 Å². The fourth-order valence-corrected chi connectivity index (χ4v) is 1.78. The number of aryl methyl sites for hydroxylation is 2. The molecule has 2 N–H and O–H groups in total. The lowest BCUT2D eigenvalue weighted by molar-refractivity contribution is 0.623. The standard InChI is InChI=1S/C11H13N3O2/c1-7-3-4-8-9(5-7)13(2)11(16)14(6-12)10(8)15/h3-5H,6,12H2,1-2H3. The molecule has 0 bridgehead atoms. The summed E-state index contributed by atoms with van der Waals surface area (Å²) in [5.41, 5.74) is 6.32. The zero-order chi connectivity index (χ0) is 11.9. The number of nitrogens with zero attached hydrogens (tertiary/aromatic N) is 2. The molecule has 16 heavy (non-hydrogen) atoms. The minimum absolute atomic E-state index is 0.102. The van der Waals surface area contributed by atoms with E-state index in [9.17, 15) is 9.59 Å². The van der Waals surface area contributed by atoms with Crippen molar-refractivity contribution in [2.24, 2.45) is 12.8 Å². The fourth-order valence-electron chi connectivity index (χ4n) is 1.78. The first-order chi connectivity index (χ1) is 7.56. The molecule has 1 aromatic carbocycles. The molecule has 0 atom stereocenters. The van der Waals surface area contributed by atoms with Crippen LogP contribution >= 0.6 is 0 Å². The predicted octanol–water partition coefficient (Wildman–Crippen LogP) is -0.0752. The molecule has 0 aliphatic carbocycles. The number of nitrogens with two attached hydrogens (primary N) is 1. The molecule has 2 rings (SSSR count). The molecule has 0 saturated heterocycles. The third-order valence-electron chi connectivity index (χ3n) is 2.69. The molecule has 0 aliphatic rings. The second-order valence-electron chi connectivity index (χ2n) is 3.78. The van der Waals surface area contributed by atoms with E-state index in [-0.39, 0.29) is 17.9 Å². The minimum atomic E-state index is -0.384. The third-order valence-corrected chi connectivity index (χ3v) is 2.69. The molecule has 1 aromatic heterocycles. The van der Waals surface area contributed by atoms with Gasteiger partial charge in [-0.3, -0.25) is 9.36 Å². The monoisotopic (exact) mass is 219 g/mol. The molecule has 84 valence electrons. The van der Waals surface area contributed by atoms with E-state index in [0.717, 1.165) is 10.1 Å². The second kappa shape index (κ2) is 3.61. The van der Waals surface area contributed by atoms with Gasteiger partial charge in [0.15, 0.2) is 0 Å². The highest BCUT2D eigenvalue weighted by Gasteiger charge is 2.09. The van der Waals surface area contributed by atoms with Gasteiger partial charge in [0.1, 0.15) is 0 Å². The largest absolute Gasteiger partial charge is 0.332 e. The van der Waals surface area contributed by atoms with Crippen LogP contribution in [0, 0.1) is 6.92 Å². The highest BCUT2D eigenvalue weighted by atomic mass is 16.2. The van der Waals surface area contributed by atoms with Crippen LogP contribution in [0.5, 0.6) is 0 Å². The lowest BCUT2D eigenvalue weighted by Gasteiger charge is -2.09. The van der Waals surface area contributed by atoms with E-state index in [2.05, 4.69) is 0 Å². The Morgan fingerprint density at radius 3 is 2.62 bits per heavy atom. The maximum Gasteiger partial charge on any atom is 0.332 e. The maximum absolute atomic E-state index is 11.9. The average molecular weight is 219 g/mol. The van der Waals surface area contributed by atoms with Gasteiger partial charge < -0.3 is 5.73 Å². The normalized spacial score (nSPS) is 10.9. The molecule has 0 saturated carbocycles. The SMILES string of the molecule is Cc1ccc2c(=O)n(CN)c(=O)n(C)c2c1. The molecule has 5 nitrogen and oxygen atoms in total. The van der Waals surface area contributed by atoms with Crippen LogP contribution in [0.1, 0.15) is 5.56 Å². The Bertz CT molecular complexity index is 667. The van der Waals surface area contributed by atoms with Gasteiger partial charge in [0, 0.05) is 7.05 Å². The van der Waals surface area contributed by atoms with Gasteiger partial charge >= 0.3 is 5.69 Å². The number of fused-ring (bicyclic) bond motifs is 1. The Labute approximate surface area is 91.7 Å². The summed E-state index contributed by atoms with van der Waals surface area (Å²) in [5.74, 6) is 0. The molecule has 5 heteroatoms. The Hall–Kier alpha value is -1.88. The van der Waals surface area contributed by atoms with Gasteiger partial charge in [0.05, 0.1) is 17.6 Å². The zero-order valence-electron chi connectivity index (χ0n) is 9.23. The van der Waals surface area contributed by atoms with E-state index in [1.165, 1.54) is 4.57 Å². The summed E-state index contributed by atoms with van der Waals surface area (Å²) in [6.45, 7) is 1.81. The van der Waals surface area contributed by atoms with Crippen LogP contribution in [0.2, 0.25) is 0 Å². The van der Waals surface area contributed by atoms with E-state index < -0.39 is 0 Å². The van der Waals surface area contributed by atoms with E-state index in [0.29, 0.717) is 10.9 Å². The Morgan fingerprint density at radius 2 is 2.00 bits per heavy atom. The first-order valence-corrected chi connectivity index (χ1v) is 4.96. The summed E-state index contributed by atoms with van der Waals surface area (Å²) in [7, 11) is 1.63. The Kier molecular flexibility index (Phi) is 2.40. The van der Waals surface area contributed by atoms with Gasteiger partial charge in [0.2, 0.25) is 0 Å². The highest BCUT2D eigenvalue weighted by molar-refractivity contribution is 5.78. The van der Waals surface area contributed by atoms with Crippen LogP contribution in [0.4, 0.5) is 0 Å². The number of hydrogen-bond acceptors (Lipinski definition) is 3. The van der Waals surface area contributed by atoms with Crippen molar-refractivity contribution in [1.29, 1.82) is 0 Å². The summed E-state index contributed by atoms with van der Waals surface area (Å²) in [5, 5.41) is 0.512. The lowest BCUT2D eigenvalue weighted by atomic mass is 10.2. The summed E-state index contributed by atoms with van der Waals surface area (Å²) in [6.07, 6.45) is 0. The van der Waals surface area contributed by atoms with Crippen molar-refractivity contribution < 1.29 is 0 Å². The topological polar surface area (TPSA) is 70.0 Å². The van der Waals surface area contributed by atoms with Crippen LogP contribution in [-0.2, 0) is 13.7 Å². The van der Waals surface area contributed by atoms with Crippen LogP contribution in [0.3, 0.4) is 0 Å². The van der Waals surface area contributed by atoms with Crippen LogP contribution in [0.25, 0.3) is 10.9 Å². The molecule has 0 radical (unpaired) electrons. The maximum atomic E-state index is 11.9. The molecule has 0 spiro atoms. The van der Waals surface area contributed by atoms with E-state index in [4.69, 9.17) is 5.73 Å². The number of hydrogen-bond donors (Lipinski definition) is 1. The van der Waals surface area contributed by atoms with Crippen LogP contribution in [0.15, 0.2) is 27.8 Å². The molecule has 0 unspecified atom stereocenters. The summed E-state index contributed by atoms with van der Waals surface area (Å²) in [6, 6.07) is 5.38. The van der Waals surface area contributed by atoms with Crippen molar-refractivity contribution in [2.75, 3.05) is 0 Å². The quantitative estimate of drug-likeness (QED) is 0.729. The number of aromatic nitrogens is 2. The van der Waals surface area contributed by atoms with Crippen molar-refractivity contribution in [3.05, 3.63) is 44.6 Å². The highest BCUT2D eigenvalue weighted by Crippen LogP contribution is 2.09. The fraction of sp³-hybridized carbons (Fsp3) is 0.273. The molecular weight excluding hydrogens is 206 g/mol. The lowest BCUT2D eigenvalue weighted by Crippen LogP contribution is -2.41. The van der Waals surface area contributed by atoms with Crippen LogP contribution < -0.4 is 17.0 Å². The second-order valence-corrected chi connectivity index (χ2v) is 3.78. The third kappa shape index (κ3) is 1.37. The van der Waals surface area contributed by atoms with E-state index in [1.807, 2.05) is 19.1 Å². The molecule has 1 heterocycles. The molecule has 0 aliphatic heterocycles. The summed E-state index contributed by atoms with van der Waals surface area (Å²) in [4.78, 5) is 23.7. The number of benzene rings is 1. The van der Waals surface area contributed by atoms with Gasteiger partial charge in [0.25, 0.3) is 5.56 Å². The van der Waals surface area contributed by atoms with Crippen molar-refractivity contribution in [1.82, 2.24) is 9.13 Å². The molecule has 0 amide bonds.